The molecule has 2 aromatic carbocycles. The lowest BCUT2D eigenvalue weighted by atomic mass is 10.1. The van der Waals surface area contributed by atoms with Gasteiger partial charge in [0.15, 0.2) is 21.8 Å². The molecule has 0 N–H and O–H groups in total. The van der Waals surface area contributed by atoms with Crippen LogP contribution in [0.15, 0.2) is 69.5 Å². The van der Waals surface area contributed by atoms with E-state index in [0.29, 0.717) is 32.3 Å². The van der Waals surface area contributed by atoms with Crippen molar-refractivity contribution in [1.29, 1.82) is 10.5 Å². The second kappa shape index (κ2) is 9.41. The van der Waals surface area contributed by atoms with Crippen molar-refractivity contribution >= 4 is 34.6 Å². The van der Waals surface area contributed by atoms with Crippen molar-refractivity contribution in [2.45, 2.75) is 0 Å². The summed E-state index contributed by atoms with van der Waals surface area (Å²) in [4.78, 5) is 6.49. The molecule has 0 bridgehead atoms. The van der Waals surface area contributed by atoms with E-state index >= 15 is 0 Å². The fourth-order valence-corrected chi connectivity index (χ4v) is 3.56. The van der Waals surface area contributed by atoms with Gasteiger partial charge in [-0.05, 0) is 47.5 Å². The van der Waals surface area contributed by atoms with E-state index in [4.69, 9.17) is 45.2 Å². The number of furan rings is 2. The first-order chi connectivity index (χ1) is 16.5. The average Bonchev–Trinajstić information content (AvgIpc) is 3.47. The smallest absolute Gasteiger partial charge is 0.456 e. The molecule has 4 rings (SSSR count). The third-order valence-electron chi connectivity index (χ3n) is 4.88. The fraction of sp³-hybridized carbons (Fsp3) is 0. The zero-order chi connectivity index (χ0) is 24.2. The third kappa shape index (κ3) is 4.16. The summed E-state index contributed by atoms with van der Waals surface area (Å²) >= 11 is 12.1. The van der Waals surface area contributed by atoms with Gasteiger partial charge in [-0.25, -0.2) is 0 Å². The van der Waals surface area contributed by atoms with Crippen molar-refractivity contribution in [2.24, 2.45) is 0 Å². The molecule has 0 atom stereocenters. The molecule has 0 aliphatic rings. The largest absolute Gasteiger partial charge is 0.562 e. The van der Waals surface area contributed by atoms with Crippen LogP contribution in [0.2, 0.25) is 10.0 Å². The molecular weight excluding hydrogens is 471 g/mol. The summed E-state index contributed by atoms with van der Waals surface area (Å²) < 4.78 is 12.0. The minimum Gasteiger partial charge on any atom is -0.456 e. The molecule has 2 heterocycles. The molecule has 0 amide bonds. The number of benzene rings is 2. The number of nitrogens with zero attached hydrogens (tertiary/aromatic N) is 4. The Morgan fingerprint density at radius 3 is 1.53 bits per heavy atom. The zero-order valence-corrected chi connectivity index (χ0v) is 18.6. The highest BCUT2D eigenvalue weighted by molar-refractivity contribution is 6.30. The maximum Gasteiger partial charge on any atom is 0.562 e. The van der Waals surface area contributed by atoms with Crippen molar-refractivity contribution in [2.75, 3.05) is 0 Å². The van der Waals surface area contributed by atoms with Gasteiger partial charge in [0.05, 0.1) is 0 Å². The van der Waals surface area contributed by atoms with E-state index in [1.807, 2.05) is 12.1 Å². The SMILES string of the molecule is [C-]#[N+]C([N+]#[C-])=c1cc(-c2ccc(Cl)cc2)/c(=c2\oc(=C(C#N)C#N)cc2-c2ccc(Cl)cc2)o1. The molecule has 0 radical (unpaired) electrons. The highest BCUT2D eigenvalue weighted by Gasteiger charge is 2.17. The lowest BCUT2D eigenvalue weighted by Crippen LogP contribution is -1.98. The maximum absolute atomic E-state index is 9.36. The summed E-state index contributed by atoms with van der Waals surface area (Å²) in [6.07, 6.45) is 0. The van der Waals surface area contributed by atoms with Gasteiger partial charge in [0.2, 0.25) is 5.42 Å². The van der Waals surface area contributed by atoms with Crippen molar-refractivity contribution in [3.63, 3.8) is 0 Å². The first-order valence-corrected chi connectivity index (χ1v) is 10.3. The molecular formula is C26H10Cl2N4O2. The van der Waals surface area contributed by atoms with Crippen LogP contribution in [0.3, 0.4) is 0 Å². The van der Waals surface area contributed by atoms with Crippen LogP contribution in [0, 0.1) is 46.6 Å². The lowest BCUT2D eigenvalue weighted by Gasteiger charge is -1.99. The number of halogens is 2. The van der Waals surface area contributed by atoms with Gasteiger partial charge in [-0.2, -0.15) is 20.2 Å². The molecule has 0 aliphatic heterocycles. The van der Waals surface area contributed by atoms with Crippen LogP contribution in [-0.2, 0) is 0 Å². The Balaban J connectivity index is 2.28. The van der Waals surface area contributed by atoms with Crippen LogP contribution < -0.4 is 10.8 Å². The number of hydrogen-bond donors (Lipinski definition) is 0. The first kappa shape index (κ1) is 22.5. The molecule has 0 spiro atoms. The van der Waals surface area contributed by atoms with Crippen molar-refractivity contribution in [3.05, 3.63) is 115 Å². The van der Waals surface area contributed by atoms with Gasteiger partial charge in [0.25, 0.3) is 0 Å². The van der Waals surface area contributed by atoms with E-state index < -0.39 is 0 Å². The Morgan fingerprint density at radius 2 is 1.12 bits per heavy atom. The van der Waals surface area contributed by atoms with Gasteiger partial charge in [-0.15, -0.1) is 0 Å². The molecule has 0 aliphatic carbocycles. The molecule has 0 unspecified atom stereocenters. The monoisotopic (exact) mass is 480 g/mol. The van der Waals surface area contributed by atoms with E-state index in [1.54, 1.807) is 60.7 Å². The second-order valence-electron chi connectivity index (χ2n) is 6.87. The van der Waals surface area contributed by atoms with E-state index in [0.717, 1.165) is 0 Å². The summed E-state index contributed by atoms with van der Waals surface area (Å²) in [6, 6.07) is 20.7. The Morgan fingerprint density at radius 1 is 0.706 bits per heavy atom. The van der Waals surface area contributed by atoms with Crippen LogP contribution in [-0.4, -0.2) is 0 Å². The molecule has 34 heavy (non-hydrogen) atoms. The Kier molecular flexibility index (Phi) is 6.22. The molecule has 8 heteroatoms. The zero-order valence-electron chi connectivity index (χ0n) is 17.1. The average molecular weight is 481 g/mol. The molecule has 6 nitrogen and oxygen atoms in total. The van der Waals surface area contributed by atoms with Gasteiger partial charge in [-0.3, -0.25) is 0 Å². The summed E-state index contributed by atoms with van der Waals surface area (Å²) in [6.45, 7) is 14.6. The fourth-order valence-electron chi connectivity index (χ4n) is 3.31. The van der Waals surface area contributed by atoms with Crippen molar-refractivity contribution < 1.29 is 8.83 Å². The number of nitriles is 2. The van der Waals surface area contributed by atoms with Gasteiger partial charge in [-0.1, -0.05) is 47.5 Å². The topological polar surface area (TPSA) is 82.6 Å². The predicted molar refractivity (Wildman–Crippen MR) is 126 cm³/mol. The highest BCUT2D eigenvalue weighted by Crippen LogP contribution is 2.27. The second-order valence-corrected chi connectivity index (χ2v) is 7.74. The number of hydrogen-bond acceptors (Lipinski definition) is 4. The van der Waals surface area contributed by atoms with Gasteiger partial charge >= 0.3 is 5.82 Å². The molecule has 0 saturated heterocycles. The molecule has 0 fully saturated rings. The van der Waals surface area contributed by atoms with Crippen LogP contribution in [0.5, 0.6) is 0 Å². The minimum atomic E-state index is -0.248. The predicted octanol–water partition coefficient (Wildman–Crippen LogP) is 5.90. The quantitative estimate of drug-likeness (QED) is 0.334. The van der Waals surface area contributed by atoms with Gasteiger partial charge in [0, 0.05) is 21.2 Å². The molecule has 0 saturated carbocycles. The molecule has 4 aromatic rings. The van der Waals surface area contributed by atoms with Crippen LogP contribution in [0.25, 0.3) is 43.3 Å². The maximum atomic E-state index is 9.36. The van der Waals surface area contributed by atoms with Crippen LogP contribution in [0.4, 0.5) is 0 Å². The normalized spacial score (nSPS) is 11.0. The summed E-state index contributed by atoms with van der Waals surface area (Å²) in [5, 5.41) is 19.8. The Hall–Kier alpha value is -4.72. The summed E-state index contributed by atoms with van der Waals surface area (Å²) in [5.74, 6) is -0.248. The van der Waals surface area contributed by atoms with E-state index in [1.165, 1.54) is 0 Å². The van der Waals surface area contributed by atoms with Crippen LogP contribution in [0.1, 0.15) is 0 Å². The summed E-state index contributed by atoms with van der Waals surface area (Å²) in [7, 11) is 0. The standard InChI is InChI=1S/C26H10Cl2N4O2/c1-31-26(32-2)23-12-21(16-5-9-19(28)10-6-16)25(34-23)24-20(15-3-7-18(27)8-4-15)11-22(33-24)17(13-29)14-30/h3-12H/b25-24+. The molecule has 160 valence electrons. The van der Waals surface area contributed by atoms with Gasteiger partial charge in [0.1, 0.15) is 25.3 Å². The first-order valence-electron chi connectivity index (χ1n) is 9.58. The van der Waals surface area contributed by atoms with Gasteiger partial charge < -0.3 is 8.83 Å². The Bertz CT molecular complexity index is 1640. The van der Waals surface area contributed by atoms with Crippen molar-refractivity contribution in [1.82, 2.24) is 0 Å². The highest BCUT2D eigenvalue weighted by atomic mass is 35.5. The van der Waals surface area contributed by atoms with Crippen LogP contribution >= 0.6 is 23.2 Å². The van der Waals surface area contributed by atoms with Crippen molar-refractivity contribution in [3.8, 4) is 34.4 Å². The van der Waals surface area contributed by atoms with E-state index in [9.17, 15) is 10.5 Å². The molecule has 2 aromatic heterocycles. The van der Waals surface area contributed by atoms with E-state index in [2.05, 4.69) is 9.69 Å². The summed E-state index contributed by atoms with van der Waals surface area (Å²) in [5.41, 5.74) is 2.85. The lowest BCUT2D eigenvalue weighted by molar-refractivity contribution is 0.449. The minimum absolute atomic E-state index is 0.0597. The number of rotatable bonds is 2. The Labute approximate surface area is 203 Å². The van der Waals surface area contributed by atoms with E-state index in [-0.39, 0.29) is 33.1 Å². The third-order valence-corrected chi connectivity index (χ3v) is 5.39.